The molecule has 11 heteroatoms. The van der Waals surface area contributed by atoms with Gasteiger partial charge in [0.05, 0.1) is 12.3 Å². The highest BCUT2D eigenvalue weighted by Gasteiger charge is 2.44. The highest BCUT2D eigenvalue weighted by Crippen LogP contribution is 2.37. The minimum atomic E-state index is -1.52. The third-order valence-corrected chi connectivity index (χ3v) is 5.97. The van der Waals surface area contributed by atoms with Crippen molar-refractivity contribution in [2.75, 3.05) is 36.3 Å². The molecule has 172 valence electrons. The van der Waals surface area contributed by atoms with Crippen LogP contribution in [-0.4, -0.2) is 54.3 Å². The Morgan fingerprint density at radius 3 is 2.53 bits per heavy atom. The minimum Gasteiger partial charge on any atom is -0.490 e. The first-order valence-corrected chi connectivity index (χ1v) is 10.1. The first kappa shape index (κ1) is 22.1. The number of halogens is 3. The van der Waals surface area contributed by atoms with Crippen LogP contribution in [0.4, 0.5) is 30.6 Å². The van der Waals surface area contributed by atoms with E-state index in [4.69, 9.17) is 9.47 Å². The van der Waals surface area contributed by atoms with Gasteiger partial charge in [-0.2, -0.15) is 4.98 Å². The summed E-state index contributed by atoms with van der Waals surface area (Å²) in [5.41, 5.74) is 0.239. The number of fused-ring (bicyclic) bond motifs is 1. The lowest BCUT2D eigenvalue weighted by molar-refractivity contribution is -0.122. The van der Waals surface area contributed by atoms with E-state index in [0.29, 0.717) is 36.0 Å². The number of hydrogen-bond acceptors (Lipinski definition) is 7. The van der Waals surface area contributed by atoms with Crippen molar-refractivity contribution in [2.45, 2.75) is 44.4 Å². The second-order valence-corrected chi connectivity index (χ2v) is 8.30. The maximum atomic E-state index is 13.3. The van der Waals surface area contributed by atoms with Gasteiger partial charge in [0.25, 0.3) is 5.91 Å². The summed E-state index contributed by atoms with van der Waals surface area (Å²) in [6.45, 7) is 3.74. The van der Waals surface area contributed by atoms with Crippen LogP contribution in [-0.2, 0) is 9.53 Å². The molecule has 0 saturated heterocycles. The third kappa shape index (κ3) is 3.81. The highest BCUT2D eigenvalue weighted by molar-refractivity contribution is 6.06. The van der Waals surface area contributed by atoms with Crippen molar-refractivity contribution < 1.29 is 27.4 Å². The quantitative estimate of drug-likeness (QED) is 0.653. The predicted octanol–water partition coefficient (Wildman–Crippen LogP) is 3.02. The lowest BCUT2D eigenvalue weighted by Crippen LogP contribution is -2.59. The van der Waals surface area contributed by atoms with Gasteiger partial charge in [-0.05, 0) is 13.8 Å². The molecule has 2 heterocycles. The van der Waals surface area contributed by atoms with E-state index < -0.39 is 23.0 Å². The summed E-state index contributed by atoms with van der Waals surface area (Å²) in [5, 5.41) is 6.10. The second kappa shape index (κ2) is 8.12. The number of ether oxygens (including phenoxy) is 2. The monoisotopic (exact) mass is 451 g/mol. The number of anilines is 3. The van der Waals surface area contributed by atoms with E-state index in [1.807, 2.05) is 0 Å². The van der Waals surface area contributed by atoms with Crippen LogP contribution in [0.2, 0.25) is 0 Å². The normalized spacial score (nSPS) is 24.5. The standard InChI is InChI=1S/C21H24F3N5O3/c1-10-17-18(29(3)21(2,9-31-4)19(30)27-17)28-20(25-10)26-11-5-12(6-11)32-13-7-14(22)16(24)15(23)8-13/h7-8,11-12H,5-6,9H2,1-4H3,(H,27,30)(H,25,26,28)/t11-,12-,21?. The number of rotatable bonds is 6. The first-order valence-electron chi connectivity index (χ1n) is 10.1. The van der Waals surface area contributed by atoms with Crippen LogP contribution in [0.5, 0.6) is 5.75 Å². The smallest absolute Gasteiger partial charge is 0.252 e. The Balaban J connectivity index is 1.43. The number of nitrogens with one attached hydrogen (secondary N) is 2. The molecule has 1 aliphatic carbocycles. The molecule has 0 bridgehead atoms. The molecule has 1 atom stereocenters. The molecule has 1 amide bonds. The van der Waals surface area contributed by atoms with Crippen molar-refractivity contribution in [3.8, 4) is 5.75 Å². The van der Waals surface area contributed by atoms with Crippen LogP contribution in [0, 0.1) is 24.4 Å². The van der Waals surface area contributed by atoms with Crippen molar-refractivity contribution in [1.82, 2.24) is 9.97 Å². The zero-order chi connectivity index (χ0) is 23.2. The van der Waals surface area contributed by atoms with Crippen LogP contribution in [0.1, 0.15) is 25.5 Å². The molecular weight excluding hydrogens is 427 g/mol. The van der Waals surface area contributed by atoms with Crippen LogP contribution in [0.25, 0.3) is 0 Å². The summed E-state index contributed by atoms with van der Waals surface area (Å²) < 4.78 is 50.5. The van der Waals surface area contributed by atoms with Gasteiger partial charge in [-0.3, -0.25) is 4.79 Å². The van der Waals surface area contributed by atoms with Crippen LogP contribution in [0.3, 0.4) is 0 Å². The van der Waals surface area contributed by atoms with E-state index in [1.165, 1.54) is 7.11 Å². The van der Waals surface area contributed by atoms with Crippen LogP contribution >= 0.6 is 0 Å². The number of amides is 1. The number of benzene rings is 1. The van der Waals surface area contributed by atoms with Crippen molar-refractivity contribution in [1.29, 1.82) is 0 Å². The minimum absolute atomic E-state index is 0.0126. The van der Waals surface area contributed by atoms with E-state index in [9.17, 15) is 18.0 Å². The van der Waals surface area contributed by atoms with E-state index >= 15 is 0 Å². The van der Waals surface area contributed by atoms with Crippen molar-refractivity contribution in [3.63, 3.8) is 0 Å². The number of likely N-dealkylation sites (N-methyl/N-ethyl adjacent to an activating group) is 1. The molecule has 4 rings (SSSR count). The number of carbonyl (C=O) groups excluding carboxylic acids is 1. The maximum Gasteiger partial charge on any atom is 0.252 e. The van der Waals surface area contributed by atoms with Gasteiger partial charge in [-0.25, -0.2) is 18.2 Å². The molecule has 8 nitrogen and oxygen atoms in total. The molecule has 2 N–H and O–H groups in total. The summed E-state index contributed by atoms with van der Waals surface area (Å²) in [4.78, 5) is 23.4. The molecule has 2 aliphatic rings. The van der Waals surface area contributed by atoms with Crippen LogP contribution in [0.15, 0.2) is 12.1 Å². The van der Waals surface area contributed by atoms with Gasteiger partial charge in [-0.15, -0.1) is 0 Å². The van der Waals surface area contributed by atoms with Crippen molar-refractivity contribution in [2.24, 2.45) is 0 Å². The lowest BCUT2D eigenvalue weighted by Gasteiger charge is -2.42. The largest absolute Gasteiger partial charge is 0.490 e. The Morgan fingerprint density at radius 1 is 1.25 bits per heavy atom. The molecule has 0 spiro atoms. The van der Waals surface area contributed by atoms with Crippen LogP contribution < -0.4 is 20.3 Å². The molecule has 1 fully saturated rings. The Bertz CT molecular complexity index is 1040. The summed E-state index contributed by atoms with van der Waals surface area (Å²) in [5.74, 6) is -3.38. The summed E-state index contributed by atoms with van der Waals surface area (Å²) >= 11 is 0. The van der Waals surface area contributed by atoms with Gasteiger partial charge in [0.15, 0.2) is 23.3 Å². The van der Waals surface area contributed by atoms with Crippen molar-refractivity contribution >= 4 is 23.4 Å². The number of hydrogen-bond donors (Lipinski definition) is 2. The number of methoxy groups -OCH3 is 1. The SMILES string of the molecule is COCC1(C)C(=O)Nc2c(C)nc(N[C@H]3C[C@H](Oc4cc(F)c(F)c(F)c4)C3)nc2N1C. The lowest BCUT2D eigenvalue weighted by atomic mass is 9.89. The number of aryl methyl sites for hydroxylation is 1. The molecule has 1 saturated carbocycles. The van der Waals surface area contributed by atoms with Gasteiger partial charge < -0.3 is 25.0 Å². The number of carbonyl (C=O) groups is 1. The predicted molar refractivity (Wildman–Crippen MR) is 111 cm³/mol. The second-order valence-electron chi connectivity index (χ2n) is 8.30. The van der Waals surface area contributed by atoms with Gasteiger partial charge in [0.2, 0.25) is 5.95 Å². The molecule has 1 aromatic heterocycles. The zero-order valence-electron chi connectivity index (χ0n) is 18.1. The molecule has 1 aliphatic heterocycles. The fourth-order valence-electron chi connectivity index (χ4n) is 3.84. The fraction of sp³-hybridized carbons (Fsp3) is 0.476. The molecule has 0 radical (unpaired) electrons. The Morgan fingerprint density at radius 2 is 1.91 bits per heavy atom. The summed E-state index contributed by atoms with van der Waals surface area (Å²) in [6, 6.07) is 1.65. The third-order valence-electron chi connectivity index (χ3n) is 5.97. The van der Waals surface area contributed by atoms with Gasteiger partial charge >= 0.3 is 0 Å². The number of nitrogens with zero attached hydrogens (tertiary/aromatic N) is 3. The molecule has 2 aromatic rings. The van der Waals surface area contributed by atoms with Gasteiger partial charge in [-0.1, -0.05) is 0 Å². The van der Waals surface area contributed by atoms with E-state index in [0.717, 1.165) is 12.1 Å². The van der Waals surface area contributed by atoms with Gasteiger partial charge in [0.1, 0.15) is 23.1 Å². The van der Waals surface area contributed by atoms with E-state index in [-0.39, 0.29) is 30.4 Å². The molecular formula is C21H24F3N5O3. The molecule has 1 unspecified atom stereocenters. The topological polar surface area (TPSA) is 88.6 Å². The summed E-state index contributed by atoms with van der Waals surface area (Å²) in [7, 11) is 3.31. The van der Waals surface area contributed by atoms with Gasteiger partial charge in [0, 0.05) is 45.2 Å². The molecule has 1 aromatic carbocycles. The average molecular weight is 451 g/mol. The van der Waals surface area contributed by atoms with E-state index in [2.05, 4.69) is 20.6 Å². The van der Waals surface area contributed by atoms with Crippen molar-refractivity contribution in [3.05, 3.63) is 35.3 Å². The summed E-state index contributed by atoms with van der Waals surface area (Å²) in [6.07, 6.45) is 0.824. The fourth-order valence-corrected chi connectivity index (χ4v) is 3.84. The first-order chi connectivity index (χ1) is 15.1. The Labute approximate surface area is 183 Å². The van der Waals surface area contributed by atoms with E-state index in [1.54, 1.807) is 25.8 Å². The average Bonchev–Trinajstić information content (AvgIpc) is 2.70. The maximum absolute atomic E-state index is 13.3. The number of aromatic nitrogens is 2. The highest BCUT2D eigenvalue weighted by atomic mass is 19.2. The molecule has 32 heavy (non-hydrogen) atoms. The zero-order valence-corrected chi connectivity index (χ0v) is 18.1. The Hall–Kier alpha value is -3.08. The Kier molecular flexibility index (Phi) is 5.61.